The summed E-state index contributed by atoms with van der Waals surface area (Å²) in [5, 5.41) is 3.12. The topological polar surface area (TPSA) is 70.5 Å². The molecule has 3 fully saturated rings. The Bertz CT molecular complexity index is 691. The fraction of sp³-hybridized carbons (Fsp3) is 0.762. The molecule has 28 heavy (non-hydrogen) atoms. The molecule has 1 aromatic rings. The van der Waals surface area contributed by atoms with Crippen LogP contribution in [0, 0.1) is 18.8 Å². The molecule has 1 unspecified atom stereocenters. The molecule has 3 aliphatic rings. The summed E-state index contributed by atoms with van der Waals surface area (Å²) in [6.07, 6.45) is 10.1. The second-order valence-corrected chi connectivity index (χ2v) is 8.62. The average molecular weight is 388 g/mol. The number of nitrogens with zero attached hydrogens (tertiary/aromatic N) is 4. The summed E-state index contributed by atoms with van der Waals surface area (Å²) in [5.74, 6) is 1.95. The van der Waals surface area contributed by atoms with Gasteiger partial charge in [-0.15, -0.1) is 0 Å². The predicted octanol–water partition coefficient (Wildman–Crippen LogP) is 1.42. The van der Waals surface area contributed by atoms with Gasteiger partial charge in [0.05, 0.1) is 5.92 Å². The van der Waals surface area contributed by atoms with Crippen LogP contribution in [0.25, 0.3) is 0 Å². The third-order valence-electron chi connectivity index (χ3n) is 6.62. The maximum absolute atomic E-state index is 12.6. The van der Waals surface area contributed by atoms with Crippen LogP contribution in [0.4, 0.5) is 0 Å². The van der Waals surface area contributed by atoms with Gasteiger partial charge in [-0.25, -0.2) is 4.98 Å². The smallest absolute Gasteiger partial charge is 0.225 e. The molecule has 0 bridgehead atoms. The van der Waals surface area contributed by atoms with E-state index in [4.69, 9.17) is 0 Å². The van der Waals surface area contributed by atoms with E-state index in [0.717, 1.165) is 77.1 Å². The Morgan fingerprint density at radius 1 is 1.11 bits per heavy atom. The molecule has 1 aromatic heterocycles. The van der Waals surface area contributed by atoms with E-state index in [2.05, 4.69) is 24.7 Å². The van der Waals surface area contributed by atoms with Gasteiger partial charge in [0.25, 0.3) is 0 Å². The first kappa shape index (κ1) is 19.4. The zero-order chi connectivity index (χ0) is 19.5. The van der Waals surface area contributed by atoms with Crippen molar-refractivity contribution in [3.05, 3.63) is 18.2 Å². The maximum Gasteiger partial charge on any atom is 0.225 e. The number of aryl methyl sites for hydroxylation is 1. The van der Waals surface area contributed by atoms with Crippen molar-refractivity contribution >= 4 is 11.8 Å². The number of likely N-dealkylation sites (tertiary alicyclic amines) is 2. The first-order valence-electron chi connectivity index (χ1n) is 10.9. The fourth-order valence-electron chi connectivity index (χ4n) is 4.68. The molecule has 1 saturated carbocycles. The summed E-state index contributed by atoms with van der Waals surface area (Å²) in [6, 6.07) is 0.521. The molecule has 0 spiro atoms. The third-order valence-corrected chi connectivity index (χ3v) is 6.62. The zero-order valence-corrected chi connectivity index (χ0v) is 17.0. The molecular weight excluding hydrogens is 354 g/mol. The Labute approximate surface area is 167 Å². The molecule has 7 heteroatoms. The number of nitrogens with one attached hydrogen (secondary N) is 1. The van der Waals surface area contributed by atoms with Crippen molar-refractivity contribution in [3.8, 4) is 0 Å². The lowest BCUT2D eigenvalue weighted by molar-refractivity contribution is -0.134. The molecular formula is C21H33N5O2. The molecule has 2 aliphatic heterocycles. The minimum atomic E-state index is 0.0868. The van der Waals surface area contributed by atoms with Crippen LogP contribution >= 0.6 is 0 Å². The average Bonchev–Trinajstić information content (AvgIpc) is 3.50. The van der Waals surface area contributed by atoms with Crippen molar-refractivity contribution in [2.24, 2.45) is 11.8 Å². The molecule has 1 atom stereocenters. The summed E-state index contributed by atoms with van der Waals surface area (Å²) in [6.45, 7) is 7.10. The molecule has 4 rings (SSSR count). The monoisotopic (exact) mass is 387 g/mol. The Morgan fingerprint density at radius 2 is 1.89 bits per heavy atom. The number of carbonyl (C=O) groups excluding carboxylic acids is 2. The number of rotatable bonds is 6. The van der Waals surface area contributed by atoms with E-state index in [1.165, 1.54) is 0 Å². The number of hydrogen-bond acceptors (Lipinski definition) is 4. The maximum atomic E-state index is 12.6. The van der Waals surface area contributed by atoms with Crippen molar-refractivity contribution < 1.29 is 9.59 Å². The van der Waals surface area contributed by atoms with E-state index in [0.29, 0.717) is 24.4 Å². The minimum absolute atomic E-state index is 0.0868. The summed E-state index contributed by atoms with van der Waals surface area (Å²) in [7, 11) is 0. The summed E-state index contributed by atoms with van der Waals surface area (Å²) < 4.78 is 2.06. The van der Waals surface area contributed by atoms with Gasteiger partial charge < -0.3 is 14.8 Å². The highest BCUT2D eigenvalue weighted by atomic mass is 16.2. The SMILES string of the molecule is Cc1nccn1CCNC(=O)C1CCCN(C2CCN(C(=O)C3CC3)CC2)C1. The molecule has 0 radical (unpaired) electrons. The van der Waals surface area contributed by atoms with Gasteiger partial charge in [0.1, 0.15) is 5.82 Å². The van der Waals surface area contributed by atoms with Crippen LogP contribution in [0.3, 0.4) is 0 Å². The van der Waals surface area contributed by atoms with Crippen LogP contribution in [0.5, 0.6) is 0 Å². The van der Waals surface area contributed by atoms with Gasteiger partial charge in [0.2, 0.25) is 11.8 Å². The first-order valence-corrected chi connectivity index (χ1v) is 10.9. The highest BCUT2D eigenvalue weighted by molar-refractivity contribution is 5.81. The second kappa shape index (κ2) is 8.64. The van der Waals surface area contributed by atoms with E-state index >= 15 is 0 Å². The van der Waals surface area contributed by atoms with Crippen LogP contribution < -0.4 is 5.32 Å². The Kier molecular flexibility index (Phi) is 5.99. The van der Waals surface area contributed by atoms with E-state index in [1.54, 1.807) is 6.20 Å². The van der Waals surface area contributed by atoms with Crippen LogP contribution in [0.15, 0.2) is 12.4 Å². The molecule has 2 saturated heterocycles. The van der Waals surface area contributed by atoms with Gasteiger partial charge in [0, 0.05) is 57.1 Å². The lowest BCUT2D eigenvalue weighted by atomic mass is 9.93. The van der Waals surface area contributed by atoms with E-state index < -0.39 is 0 Å². The van der Waals surface area contributed by atoms with Crippen molar-refractivity contribution in [1.82, 2.24) is 24.7 Å². The van der Waals surface area contributed by atoms with Gasteiger partial charge in [0.15, 0.2) is 0 Å². The quantitative estimate of drug-likeness (QED) is 0.801. The van der Waals surface area contributed by atoms with Crippen LogP contribution in [0.1, 0.15) is 44.3 Å². The number of aromatic nitrogens is 2. The van der Waals surface area contributed by atoms with Gasteiger partial charge in [-0.1, -0.05) is 0 Å². The fourth-order valence-corrected chi connectivity index (χ4v) is 4.68. The molecule has 2 amide bonds. The van der Waals surface area contributed by atoms with Gasteiger partial charge in [-0.2, -0.15) is 0 Å². The van der Waals surface area contributed by atoms with Gasteiger partial charge in [-0.3, -0.25) is 14.5 Å². The molecule has 1 aliphatic carbocycles. The molecule has 154 valence electrons. The van der Waals surface area contributed by atoms with Crippen LogP contribution in [-0.4, -0.2) is 69.9 Å². The molecule has 7 nitrogen and oxygen atoms in total. The lowest BCUT2D eigenvalue weighted by Gasteiger charge is -2.42. The zero-order valence-electron chi connectivity index (χ0n) is 17.0. The third kappa shape index (κ3) is 4.57. The van der Waals surface area contributed by atoms with Gasteiger partial charge in [-0.05, 0) is 52.0 Å². The first-order chi connectivity index (χ1) is 13.6. The Hall–Kier alpha value is -1.89. The number of hydrogen-bond donors (Lipinski definition) is 1. The summed E-state index contributed by atoms with van der Waals surface area (Å²) >= 11 is 0. The Balaban J connectivity index is 1.21. The van der Waals surface area contributed by atoms with E-state index in [9.17, 15) is 9.59 Å². The minimum Gasteiger partial charge on any atom is -0.354 e. The summed E-state index contributed by atoms with van der Waals surface area (Å²) in [4.78, 5) is 33.7. The van der Waals surface area contributed by atoms with E-state index in [-0.39, 0.29) is 11.8 Å². The standard InChI is InChI=1S/C21H33N5O2/c1-16-22-8-13-24(16)14-9-23-20(27)18-3-2-10-26(15-18)19-6-11-25(12-7-19)21(28)17-4-5-17/h8,13,17-19H,2-7,9-12,14-15H2,1H3,(H,23,27). The normalized spacial score (nSPS) is 24.3. The van der Waals surface area contributed by atoms with Crippen molar-refractivity contribution in [3.63, 3.8) is 0 Å². The van der Waals surface area contributed by atoms with E-state index in [1.807, 2.05) is 13.1 Å². The lowest BCUT2D eigenvalue weighted by Crippen LogP contribution is -2.51. The van der Waals surface area contributed by atoms with Crippen LogP contribution in [0.2, 0.25) is 0 Å². The predicted molar refractivity (Wildman–Crippen MR) is 107 cm³/mol. The number of piperidine rings is 2. The number of amides is 2. The number of carbonyl (C=O) groups is 2. The molecule has 1 N–H and O–H groups in total. The number of imidazole rings is 1. The van der Waals surface area contributed by atoms with Gasteiger partial charge >= 0.3 is 0 Å². The highest BCUT2D eigenvalue weighted by Crippen LogP contribution is 2.32. The van der Waals surface area contributed by atoms with Crippen molar-refractivity contribution in [2.75, 3.05) is 32.7 Å². The molecule has 3 heterocycles. The summed E-state index contributed by atoms with van der Waals surface area (Å²) in [5.41, 5.74) is 0. The molecule has 0 aromatic carbocycles. The Morgan fingerprint density at radius 3 is 2.57 bits per heavy atom. The second-order valence-electron chi connectivity index (χ2n) is 8.62. The van der Waals surface area contributed by atoms with Crippen molar-refractivity contribution in [2.45, 2.75) is 58.0 Å². The highest BCUT2D eigenvalue weighted by Gasteiger charge is 2.37. The largest absolute Gasteiger partial charge is 0.354 e. The van der Waals surface area contributed by atoms with Crippen molar-refractivity contribution in [1.29, 1.82) is 0 Å². The van der Waals surface area contributed by atoms with Crippen LogP contribution in [-0.2, 0) is 16.1 Å².